The molecule has 0 bridgehead atoms. The van der Waals surface area contributed by atoms with Crippen LogP contribution >= 0.6 is 0 Å². The van der Waals surface area contributed by atoms with Gasteiger partial charge in [-0.3, -0.25) is 0 Å². The van der Waals surface area contributed by atoms with Gasteiger partial charge in [-0.25, -0.2) is 0 Å². The maximum atomic E-state index is 2.51. The average molecular weight is 722 g/mol. The molecule has 0 amide bonds. The van der Waals surface area contributed by atoms with Crippen molar-refractivity contribution >= 4 is 109 Å². The van der Waals surface area contributed by atoms with Crippen molar-refractivity contribution in [2.45, 2.75) is 0 Å². The van der Waals surface area contributed by atoms with E-state index in [1.165, 1.54) is 114 Å². The number of hydrogen-bond acceptors (Lipinski definition) is 0. The summed E-state index contributed by atoms with van der Waals surface area (Å²) in [6.45, 7) is 0. The van der Waals surface area contributed by atoms with Crippen LogP contribution in [0, 0.1) is 0 Å². The molecule has 14 rings (SSSR count). The van der Waals surface area contributed by atoms with Crippen LogP contribution < -0.4 is 0 Å². The lowest BCUT2D eigenvalue weighted by Crippen LogP contribution is -1.98. The van der Waals surface area contributed by atoms with Gasteiger partial charge in [0.15, 0.2) is 0 Å². The Labute approximate surface area is 326 Å². The summed E-state index contributed by atoms with van der Waals surface area (Å²) >= 11 is 0. The lowest BCUT2D eigenvalue weighted by Gasteiger charge is -2.15. The second-order valence-electron chi connectivity index (χ2n) is 15.7. The minimum absolute atomic E-state index is 1.16. The second-order valence-corrected chi connectivity index (χ2v) is 15.7. The van der Waals surface area contributed by atoms with Crippen molar-refractivity contribution in [3.8, 4) is 17.1 Å². The molecule has 3 heteroatoms. The summed E-state index contributed by atoms with van der Waals surface area (Å²) in [7, 11) is 0. The largest absolute Gasteiger partial charge is 0.309 e. The third kappa shape index (κ3) is 3.76. The summed E-state index contributed by atoms with van der Waals surface area (Å²) in [5.74, 6) is 0. The molecule has 0 saturated carbocycles. The summed E-state index contributed by atoms with van der Waals surface area (Å²) in [5, 5.41) is 17.9. The van der Waals surface area contributed by atoms with Gasteiger partial charge in [-0.05, 0) is 104 Å². The number of hydrogen-bond donors (Lipinski definition) is 0. The predicted octanol–water partition coefficient (Wildman–Crippen LogP) is 14.5. The second kappa shape index (κ2) is 10.6. The van der Waals surface area contributed by atoms with E-state index in [2.05, 4.69) is 202 Å². The van der Waals surface area contributed by atoms with Gasteiger partial charge in [0.1, 0.15) is 0 Å². The Bertz CT molecular complexity index is 3650. The highest BCUT2D eigenvalue weighted by Gasteiger charge is 2.22. The molecule has 11 aromatic carbocycles. The normalized spacial score (nSPS) is 12.6. The Morgan fingerprint density at radius 3 is 1.11 bits per heavy atom. The summed E-state index contributed by atoms with van der Waals surface area (Å²) in [5.41, 5.74) is 10.8. The zero-order valence-corrected chi connectivity index (χ0v) is 30.7. The summed E-state index contributed by atoms with van der Waals surface area (Å²) in [4.78, 5) is 0. The summed E-state index contributed by atoms with van der Waals surface area (Å²) < 4.78 is 7.45. The third-order valence-corrected chi connectivity index (χ3v) is 12.9. The Kier molecular flexibility index (Phi) is 5.51. The van der Waals surface area contributed by atoms with Crippen LogP contribution in [0.5, 0.6) is 0 Å². The van der Waals surface area contributed by atoms with Crippen molar-refractivity contribution in [2.75, 3.05) is 0 Å². The summed E-state index contributed by atoms with van der Waals surface area (Å²) in [6.07, 6.45) is 0. The van der Waals surface area contributed by atoms with Gasteiger partial charge in [0.05, 0.1) is 38.8 Å². The number of aromatic nitrogens is 3. The minimum Gasteiger partial charge on any atom is -0.309 e. The molecule has 3 aromatic heterocycles. The number of benzene rings is 11. The minimum atomic E-state index is 1.16. The molecular weight excluding hydrogens is 691 g/mol. The van der Waals surface area contributed by atoms with E-state index >= 15 is 0 Å². The van der Waals surface area contributed by atoms with Crippen molar-refractivity contribution in [1.29, 1.82) is 0 Å². The highest BCUT2D eigenvalue weighted by molar-refractivity contribution is 6.26. The molecule has 262 valence electrons. The van der Waals surface area contributed by atoms with Crippen LogP contribution in [-0.4, -0.2) is 13.7 Å². The molecule has 0 aliphatic rings. The van der Waals surface area contributed by atoms with Crippen LogP contribution in [0.3, 0.4) is 0 Å². The molecule has 0 saturated heterocycles. The molecule has 0 N–H and O–H groups in total. The number of rotatable bonds is 3. The van der Waals surface area contributed by atoms with Crippen molar-refractivity contribution < 1.29 is 0 Å². The lowest BCUT2D eigenvalue weighted by molar-refractivity contribution is 1.17. The Morgan fingerprint density at radius 1 is 0.228 bits per heavy atom. The van der Waals surface area contributed by atoms with Gasteiger partial charge >= 0.3 is 0 Å². The standard InChI is InChI=1S/C54H31N3/c1-2-14-39-36(9-1)29-50(41-16-4-3-15-40(39)41)57-44-27-25-37(55-46-17-5-10-32-21-22-33-11-6-18-47(55)52(33)51(32)46)30-42(44)43-31-38(26-28-45(43)57)56-48-19-7-12-34-23-24-35-13-8-20-49(56)54(35)53(34)48/h1-31H. The van der Waals surface area contributed by atoms with Crippen molar-refractivity contribution in [1.82, 2.24) is 13.7 Å². The molecule has 0 aliphatic carbocycles. The topological polar surface area (TPSA) is 14.8 Å². The van der Waals surface area contributed by atoms with Gasteiger partial charge in [-0.15, -0.1) is 0 Å². The first kappa shape index (κ1) is 29.7. The van der Waals surface area contributed by atoms with Crippen molar-refractivity contribution in [3.63, 3.8) is 0 Å². The van der Waals surface area contributed by atoms with E-state index in [1.54, 1.807) is 0 Å². The van der Waals surface area contributed by atoms with Crippen LogP contribution in [0.4, 0.5) is 0 Å². The maximum Gasteiger partial charge on any atom is 0.0547 e. The first-order chi connectivity index (χ1) is 28.3. The van der Waals surface area contributed by atoms with E-state index in [4.69, 9.17) is 0 Å². The van der Waals surface area contributed by atoms with Crippen molar-refractivity contribution in [3.05, 3.63) is 188 Å². The van der Waals surface area contributed by atoms with Gasteiger partial charge in [-0.2, -0.15) is 0 Å². The molecule has 0 fully saturated rings. The van der Waals surface area contributed by atoms with Gasteiger partial charge < -0.3 is 13.7 Å². The first-order valence-electron chi connectivity index (χ1n) is 19.8. The third-order valence-electron chi connectivity index (χ3n) is 12.9. The molecule has 0 atom stereocenters. The SMILES string of the molecule is c1ccc2c(c1)cc(-n1c3ccc(-n4c5cccc6ccc7cccc4c7c65)cc3c3cc(-n4c5cccc6ccc7cccc4c7c65)ccc31)c1ccccc12. The molecule has 14 aromatic rings. The predicted molar refractivity (Wildman–Crippen MR) is 242 cm³/mol. The van der Waals surface area contributed by atoms with E-state index in [9.17, 15) is 0 Å². The highest BCUT2D eigenvalue weighted by Crippen LogP contribution is 2.44. The lowest BCUT2D eigenvalue weighted by atomic mass is 10.00. The average Bonchev–Trinajstić information content (AvgIpc) is 3.91. The van der Waals surface area contributed by atoms with Crippen LogP contribution in [0.25, 0.3) is 126 Å². The zero-order chi connectivity index (χ0) is 36.9. The molecule has 0 spiro atoms. The fraction of sp³-hybridized carbons (Fsp3) is 0. The molecule has 0 unspecified atom stereocenters. The molecule has 3 nitrogen and oxygen atoms in total. The van der Waals surface area contributed by atoms with Crippen LogP contribution in [-0.2, 0) is 0 Å². The van der Waals surface area contributed by atoms with Gasteiger partial charge in [0.2, 0.25) is 0 Å². The molecule has 0 radical (unpaired) electrons. The maximum absolute atomic E-state index is 2.51. The molecular formula is C54H31N3. The van der Waals surface area contributed by atoms with Gasteiger partial charge in [-0.1, -0.05) is 121 Å². The number of nitrogens with zero attached hydrogens (tertiary/aromatic N) is 3. The molecule has 0 aliphatic heterocycles. The van der Waals surface area contributed by atoms with Crippen molar-refractivity contribution in [2.24, 2.45) is 0 Å². The zero-order valence-electron chi connectivity index (χ0n) is 30.7. The first-order valence-corrected chi connectivity index (χ1v) is 19.8. The van der Waals surface area contributed by atoms with Crippen LogP contribution in [0.15, 0.2) is 188 Å². The monoisotopic (exact) mass is 721 g/mol. The summed E-state index contributed by atoms with van der Waals surface area (Å²) in [6, 6.07) is 70.2. The van der Waals surface area contributed by atoms with Crippen LogP contribution in [0.2, 0.25) is 0 Å². The quantitative estimate of drug-likeness (QED) is 0.161. The molecule has 3 heterocycles. The molecule has 57 heavy (non-hydrogen) atoms. The van der Waals surface area contributed by atoms with E-state index < -0.39 is 0 Å². The fourth-order valence-corrected chi connectivity index (χ4v) is 10.6. The fourth-order valence-electron chi connectivity index (χ4n) is 10.6. The van der Waals surface area contributed by atoms with E-state index in [0.29, 0.717) is 0 Å². The highest BCUT2D eigenvalue weighted by atomic mass is 15.0. The van der Waals surface area contributed by atoms with E-state index in [-0.39, 0.29) is 0 Å². The van der Waals surface area contributed by atoms with Gasteiger partial charge in [0.25, 0.3) is 0 Å². The Balaban J connectivity index is 1.12. The number of fused-ring (bicyclic) bond motifs is 6. The van der Waals surface area contributed by atoms with Gasteiger partial charge in [0, 0.05) is 49.1 Å². The Morgan fingerprint density at radius 2 is 0.632 bits per heavy atom. The van der Waals surface area contributed by atoms with E-state index in [0.717, 1.165) is 11.4 Å². The smallest absolute Gasteiger partial charge is 0.0547 e. The van der Waals surface area contributed by atoms with Crippen LogP contribution in [0.1, 0.15) is 0 Å². The van der Waals surface area contributed by atoms with E-state index in [1.807, 2.05) is 0 Å². The Hall–Kier alpha value is -7.62.